The third kappa shape index (κ3) is 2.48. The van der Waals surface area contributed by atoms with E-state index in [1.807, 2.05) is 4.31 Å². The lowest BCUT2D eigenvalue weighted by Crippen LogP contribution is -2.57. The molecule has 1 spiro atoms. The van der Waals surface area contributed by atoms with Gasteiger partial charge in [0.05, 0.1) is 0 Å². The molecule has 10 heteroatoms. The van der Waals surface area contributed by atoms with Gasteiger partial charge in [-0.3, -0.25) is 0 Å². The summed E-state index contributed by atoms with van der Waals surface area (Å²) in [6.45, 7) is 3.66. The molecule has 19 heavy (non-hydrogen) atoms. The van der Waals surface area contributed by atoms with E-state index in [2.05, 4.69) is 38.0 Å². The second kappa shape index (κ2) is 5.06. The minimum absolute atomic E-state index is 0.0942. The van der Waals surface area contributed by atoms with E-state index in [1.54, 1.807) is 0 Å². The van der Waals surface area contributed by atoms with Gasteiger partial charge in [0.2, 0.25) is 9.89 Å². The van der Waals surface area contributed by atoms with Crippen LogP contribution in [0.25, 0.3) is 0 Å². The van der Waals surface area contributed by atoms with Gasteiger partial charge in [-0.05, 0) is 35.9 Å². The van der Waals surface area contributed by atoms with Gasteiger partial charge in [0.15, 0.2) is 23.3 Å². The summed E-state index contributed by atoms with van der Waals surface area (Å²) in [6.07, 6.45) is 1.13. The van der Waals surface area contributed by atoms with Crippen molar-refractivity contribution in [1.29, 1.82) is 0 Å². The molecule has 0 aromatic carbocycles. The Bertz CT molecular complexity index is 521. The highest BCUT2D eigenvalue weighted by Crippen LogP contribution is 2.40. The summed E-state index contributed by atoms with van der Waals surface area (Å²) in [4.78, 5) is 6.26. The minimum atomic E-state index is -1.45. The van der Waals surface area contributed by atoms with Crippen LogP contribution in [-0.2, 0) is 11.0 Å². The fourth-order valence-electron chi connectivity index (χ4n) is 2.76. The van der Waals surface area contributed by atoms with Gasteiger partial charge in [-0.2, -0.15) is 4.98 Å². The number of halogens is 2. The third-order valence-corrected chi connectivity index (χ3v) is 5.77. The van der Waals surface area contributed by atoms with Crippen molar-refractivity contribution in [2.45, 2.75) is 11.6 Å². The zero-order chi connectivity index (χ0) is 13.6. The van der Waals surface area contributed by atoms with Crippen molar-refractivity contribution in [2.75, 3.05) is 33.2 Å². The number of aromatic nitrogens is 3. The molecule has 1 aromatic heterocycles. The average Bonchev–Trinajstić information content (AvgIpc) is 2.89. The number of likely N-dealkylation sites (tertiary alicyclic amines) is 1. The fourth-order valence-corrected chi connectivity index (χ4v) is 5.15. The maximum absolute atomic E-state index is 12.7. The van der Waals surface area contributed by atoms with Crippen LogP contribution in [0, 0.1) is 5.41 Å². The van der Waals surface area contributed by atoms with E-state index in [0.717, 1.165) is 36.7 Å². The molecule has 2 aliphatic rings. The summed E-state index contributed by atoms with van der Waals surface area (Å²) in [5, 5.41) is 3.91. The van der Waals surface area contributed by atoms with Crippen molar-refractivity contribution in [3.63, 3.8) is 0 Å². The molecule has 0 radical (unpaired) electrons. The van der Waals surface area contributed by atoms with Gasteiger partial charge >= 0.3 is 0 Å². The van der Waals surface area contributed by atoms with Gasteiger partial charge in [-0.25, -0.2) is 8.51 Å². The summed E-state index contributed by atoms with van der Waals surface area (Å²) < 4.78 is 28.0. The van der Waals surface area contributed by atoms with Gasteiger partial charge in [0.25, 0.3) is 0 Å². The molecule has 0 amide bonds. The highest BCUT2D eigenvalue weighted by Gasteiger charge is 2.49. The Kier molecular flexibility index (Phi) is 3.71. The summed E-state index contributed by atoms with van der Waals surface area (Å²) in [5.74, 6) is 0. The van der Waals surface area contributed by atoms with Crippen LogP contribution in [0.3, 0.4) is 0 Å². The van der Waals surface area contributed by atoms with Gasteiger partial charge in [-0.1, -0.05) is 0 Å². The molecule has 2 aliphatic heterocycles. The minimum Gasteiger partial charge on any atom is -0.306 e. The SMILES string of the molecule is CN1CCC2(C1)CN(S(=O)c1nc(Br)nn1SF)C2. The lowest BCUT2D eigenvalue weighted by molar-refractivity contribution is 0.0859. The molecule has 106 valence electrons. The predicted octanol–water partition coefficient (Wildman–Crippen LogP) is 1.08. The molecule has 2 saturated heterocycles. The molecule has 2 fully saturated rings. The van der Waals surface area contributed by atoms with Crippen molar-refractivity contribution in [3.8, 4) is 0 Å². The number of hydrogen-bond donors (Lipinski definition) is 0. The monoisotopic (exact) mass is 369 g/mol. The average molecular weight is 370 g/mol. The Morgan fingerprint density at radius 1 is 1.47 bits per heavy atom. The van der Waals surface area contributed by atoms with E-state index in [1.165, 1.54) is 0 Å². The first kappa shape index (κ1) is 13.9. The van der Waals surface area contributed by atoms with E-state index in [-0.39, 0.29) is 27.6 Å². The van der Waals surface area contributed by atoms with Crippen molar-refractivity contribution < 1.29 is 8.09 Å². The number of hydrogen-bond acceptors (Lipinski definition) is 5. The first-order chi connectivity index (χ1) is 9.03. The van der Waals surface area contributed by atoms with Crippen LogP contribution < -0.4 is 0 Å². The zero-order valence-electron chi connectivity index (χ0n) is 10.3. The largest absolute Gasteiger partial charge is 0.306 e. The number of nitrogens with zero attached hydrogens (tertiary/aromatic N) is 5. The van der Waals surface area contributed by atoms with Crippen LogP contribution in [0.4, 0.5) is 3.89 Å². The third-order valence-electron chi connectivity index (χ3n) is 3.63. The van der Waals surface area contributed by atoms with Crippen LogP contribution in [0.1, 0.15) is 6.42 Å². The maximum atomic E-state index is 12.7. The Balaban J connectivity index is 1.70. The molecule has 3 rings (SSSR count). The molecule has 1 aromatic rings. The molecule has 0 N–H and O–H groups in total. The van der Waals surface area contributed by atoms with Crippen LogP contribution in [0.15, 0.2) is 9.89 Å². The first-order valence-electron chi connectivity index (χ1n) is 5.80. The van der Waals surface area contributed by atoms with Crippen molar-refractivity contribution >= 4 is 39.2 Å². The zero-order valence-corrected chi connectivity index (χ0v) is 13.5. The molecule has 1 unspecified atom stereocenters. The summed E-state index contributed by atoms with van der Waals surface area (Å²) in [5.41, 5.74) is 0.259. The van der Waals surface area contributed by atoms with Gasteiger partial charge in [0.1, 0.15) is 0 Å². The van der Waals surface area contributed by atoms with E-state index >= 15 is 0 Å². The summed E-state index contributed by atoms with van der Waals surface area (Å²) >= 11 is 2.97. The number of rotatable bonds is 3. The Hall–Kier alpha value is -0.0300. The van der Waals surface area contributed by atoms with Crippen LogP contribution in [0.2, 0.25) is 0 Å². The normalized spacial score (nSPS) is 24.8. The first-order valence-corrected chi connectivity index (χ1v) is 8.37. The Morgan fingerprint density at radius 2 is 2.21 bits per heavy atom. The quantitative estimate of drug-likeness (QED) is 0.797. The molecule has 3 heterocycles. The Labute approximate surface area is 125 Å². The van der Waals surface area contributed by atoms with Crippen LogP contribution >= 0.6 is 28.3 Å². The molecular formula is C9H13BrFN5OS2. The second-order valence-corrected chi connectivity index (χ2v) is 7.71. The lowest BCUT2D eigenvalue weighted by atomic mass is 9.81. The lowest BCUT2D eigenvalue weighted by Gasteiger charge is -2.46. The molecule has 1 atom stereocenters. The van der Waals surface area contributed by atoms with Crippen molar-refractivity contribution in [3.05, 3.63) is 4.73 Å². The predicted molar refractivity (Wildman–Crippen MR) is 74.3 cm³/mol. The van der Waals surface area contributed by atoms with Crippen molar-refractivity contribution in [2.24, 2.45) is 5.41 Å². The van der Waals surface area contributed by atoms with Crippen LogP contribution in [-0.4, -0.2) is 60.8 Å². The van der Waals surface area contributed by atoms with E-state index in [0.29, 0.717) is 0 Å². The smallest absolute Gasteiger partial charge is 0.247 e. The molecular weight excluding hydrogens is 357 g/mol. The topological polar surface area (TPSA) is 54.3 Å². The summed E-state index contributed by atoms with van der Waals surface area (Å²) in [6, 6.07) is 0. The van der Waals surface area contributed by atoms with E-state index < -0.39 is 11.0 Å². The molecule has 0 saturated carbocycles. The summed E-state index contributed by atoms with van der Waals surface area (Å²) in [7, 11) is 0.647. The van der Waals surface area contributed by atoms with Crippen LogP contribution in [0.5, 0.6) is 0 Å². The maximum Gasteiger partial charge on any atom is 0.247 e. The highest BCUT2D eigenvalue weighted by molar-refractivity contribution is 9.10. The Morgan fingerprint density at radius 3 is 2.79 bits per heavy atom. The standard InChI is InChI=1S/C9H13BrFN5OS2/c1-14-3-2-9(4-14)5-15(6-9)19(17)8-12-7(10)13-16(8)18-11/h2-6H2,1H3. The van der Waals surface area contributed by atoms with Gasteiger partial charge < -0.3 is 4.90 Å². The molecule has 0 aliphatic carbocycles. The fraction of sp³-hybridized carbons (Fsp3) is 0.778. The van der Waals surface area contributed by atoms with Gasteiger partial charge in [-0.15, -0.1) is 13.1 Å². The molecule has 0 bridgehead atoms. The van der Waals surface area contributed by atoms with Crippen molar-refractivity contribution in [1.82, 2.24) is 23.4 Å². The molecule has 6 nitrogen and oxygen atoms in total. The van der Waals surface area contributed by atoms with E-state index in [4.69, 9.17) is 0 Å². The highest BCUT2D eigenvalue weighted by atomic mass is 79.9. The second-order valence-electron chi connectivity index (χ2n) is 5.14. The van der Waals surface area contributed by atoms with E-state index in [9.17, 15) is 8.09 Å². The van der Waals surface area contributed by atoms with Gasteiger partial charge in [0, 0.05) is 25.0 Å².